The lowest BCUT2D eigenvalue weighted by molar-refractivity contribution is -0.118. The fourth-order valence-corrected chi connectivity index (χ4v) is 4.18. The standard InChI is InChI=1S/C25H21Cl2N7O3/c1-13-4-6-17(8-14(13)2)33-23-18(11-28-33)24(36)31-25(30-23)34-21(9-15(3)32-34)29-22(35)12-37-20-7-5-16(26)10-19(20)27/h4-11H,12H2,1-3H3,(H,29,35)(H,30,31,36). The van der Waals surface area contributed by atoms with Crippen LogP contribution in [-0.2, 0) is 4.79 Å². The highest BCUT2D eigenvalue weighted by molar-refractivity contribution is 6.35. The lowest BCUT2D eigenvalue weighted by Crippen LogP contribution is -2.23. The molecule has 0 atom stereocenters. The van der Waals surface area contributed by atoms with Crippen LogP contribution in [0.5, 0.6) is 5.75 Å². The van der Waals surface area contributed by atoms with Crippen molar-refractivity contribution < 1.29 is 9.53 Å². The molecule has 0 aliphatic rings. The molecule has 0 saturated carbocycles. The van der Waals surface area contributed by atoms with E-state index in [1.165, 1.54) is 16.9 Å². The van der Waals surface area contributed by atoms with Gasteiger partial charge < -0.3 is 10.1 Å². The van der Waals surface area contributed by atoms with Gasteiger partial charge in [-0.15, -0.1) is 0 Å². The number of hydrogen-bond donors (Lipinski definition) is 2. The topological polar surface area (TPSA) is 120 Å². The van der Waals surface area contributed by atoms with Crippen LogP contribution in [0.4, 0.5) is 5.82 Å². The van der Waals surface area contributed by atoms with Crippen molar-refractivity contribution in [3.05, 3.63) is 85.9 Å². The van der Waals surface area contributed by atoms with Crippen molar-refractivity contribution in [2.24, 2.45) is 0 Å². The Kier molecular flexibility index (Phi) is 6.45. The summed E-state index contributed by atoms with van der Waals surface area (Å²) in [5, 5.41) is 12.6. The number of aromatic nitrogens is 6. The van der Waals surface area contributed by atoms with Crippen molar-refractivity contribution in [3.63, 3.8) is 0 Å². The quantitative estimate of drug-likeness (QED) is 0.328. The monoisotopic (exact) mass is 537 g/mol. The van der Waals surface area contributed by atoms with Crippen LogP contribution in [0.3, 0.4) is 0 Å². The van der Waals surface area contributed by atoms with Crippen molar-refractivity contribution in [1.29, 1.82) is 0 Å². The van der Waals surface area contributed by atoms with Gasteiger partial charge in [0, 0.05) is 11.1 Å². The second-order valence-electron chi connectivity index (χ2n) is 8.45. The number of hydrogen-bond acceptors (Lipinski definition) is 6. The number of benzene rings is 2. The Hall–Kier alpha value is -4.15. The van der Waals surface area contributed by atoms with E-state index in [1.807, 2.05) is 32.0 Å². The molecule has 0 spiro atoms. The average molecular weight is 538 g/mol. The Morgan fingerprint density at radius 3 is 2.62 bits per heavy atom. The van der Waals surface area contributed by atoms with Gasteiger partial charge in [0.2, 0.25) is 5.95 Å². The molecule has 0 aliphatic carbocycles. The van der Waals surface area contributed by atoms with Gasteiger partial charge in [-0.2, -0.15) is 19.9 Å². The molecular formula is C25H21Cl2N7O3. The zero-order valence-corrected chi connectivity index (χ0v) is 21.6. The van der Waals surface area contributed by atoms with Gasteiger partial charge >= 0.3 is 0 Å². The van der Waals surface area contributed by atoms with Gasteiger partial charge in [-0.1, -0.05) is 29.3 Å². The summed E-state index contributed by atoms with van der Waals surface area (Å²) in [4.78, 5) is 32.9. The molecule has 5 aromatic rings. The number of carbonyl (C=O) groups is 1. The number of nitrogens with one attached hydrogen (secondary N) is 2. The number of rotatable bonds is 6. The zero-order chi connectivity index (χ0) is 26.3. The van der Waals surface area contributed by atoms with Gasteiger partial charge in [0.15, 0.2) is 12.3 Å². The molecule has 0 saturated heterocycles. The SMILES string of the molecule is Cc1cc(NC(=O)COc2ccc(Cl)cc2Cl)n(-c2nc3c(cnn3-c3ccc(C)c(C)c3)c(=O)[nH]2)n1. The number of halogens is 2. The van der Waals surface area contributed by atoms with Crippen LogP contribution in [0, 0.1) is 20.8 Å². The van der Waals surface area contributed by atoms with E-state index in [-0.39, 0.29) is 23.1 Å². The van der Waals surface area contributed by atoms with Crippen LogP contribution in [0.25, 0.3) is 22.7 Å². The number of anilines is 1. The number of aromatic amines is 1. The average Bonchev–Trinajstić information content (AvgIpc) is 3.44. The first-order valence-electron chi connectivity index (χ1n) is 11.2. The first-order chi connectivity index (χ1) is 17.7. The summed E-state index contributed by atoms with van der Waals surface area (Å²) in [5.41, 5.74) is 3.56. The van der Waals surface area contributed by atoms with E-state index in [9.17, 15) is 9.59 Å². The molecule has 188 valence electrons. The fraction of sp³-hybridized carbons (Fsp3) is 0.160. The molecule has 5 rings (SSSR count). The highest BCUT2D eigenvalue weighted by atomic mass is 35.5. The Morgan fingerprint density at radius 2 is 1.86 bits per heavy atom. The van der Waals surface area contributed by atoms with E-state index in [2.05, 4.69) is 25.5 Å². The highest BCUT2D eigenvalue weighted by Crippen LogP contribution is 2.27. The number of fused-ring (bicyclic) bond motifs is 1. The summed E-state index contributed by atoms with van der Waals surface area (Å²) in [6, 6.07) is 12.2. The molecule has 3 heterocycles. The third-order valence-corrected chi connectivity index (χ3v) is 6.24. The van der Waals surface area contributed by atoms with Crippen LogP contribution in [0.1, 0.15) is 16.8 Å². The zero-order valence-electron chi connectivity index (χ0n) is 20.0. The summed E-state index contributed by atoms with van der Waals surface area (Å²) in [5.74, 6) is 0.277. The number of amides is 1. The van der Waals surface area contributed by atoms with Gasteiger partial charge in [0.1, 0.15) is 17.0 Å². The predicted molar refractivity (Wildman–Crippen MR) is 141 cm³/mol. The minimum absolute atomic E-state index is 0.119. The largest absolute Gasteiger partial charge is 0.482 e. The molecule has 0 bridgehead atoms. The minimum atomic E-state index is -0.462. The minimum Gasteiger partial charge on any atom is -0.482 e. The van der Waals surface area contributed by atoms with Crippen molar-refractivity contribution in [3.8, 4) is 17.4 Å². The van der Waals surface area contributed by atoms with Gasteiger partial charge in [-0.05, 0) is 62.2 Å². The molecular weight excluding hydrogens is 517 g/mol. The molecule has 0 radical (unpaired) electrons. The van der Waals surface area contributed by atoms with E-state index in [0.717, 1.165) is 16.8 Å². The molecule has 0 fully saturated rings. The summed E-state index contributed by atoms with van der Waals surface area (Å²) in [7, 11) is 0. The molecule has 0 unspecified atom stereocenters. The summed E-state index contributed by atoms with van der Waals surface area (Å²) in [6.07, 6.45) is 1.47. The number of H-pyrrole nitrogens is 1. The van der Waals surface area contributed by atoms with Gasteiger partial charge in [-0.25, -0.2) is 4.68 Å². The molecule has 37 heavy (non-hydrogen) atoms. The normalized spacial score (nSPS) is 11.2. The van der Waals surface area contributed by atoms with Crippen molar-refractivity contribution in [2.75, 3.05) is 11.9 Å². The maximum Gasteiger partial charge on any atom is 0.263 e. The first-order valence-corrected chi connectivity index (χ1v) is 12.0. The van der Waals surface area contributed by atoms with Crippen LogP contribution < -0.4 is 15.6 Å². The van der Waals surface area contributed by atoms with E-state index >= 15 is 0 Å². The van der Waals surface area contributed by atoms with Crippen LogP contribution >= 0.6 is 23.2 Å². The van der Waals surface area contributed by atoms with E-state index in [1.54, 1.807) is 29.8 Å². The second kappa shape index (κ2) is 9.72. The molecule has 10 nitrogen and oxygen atoms in total. The fourth-order valence-electron chi connectivity index (χ4n) is 3.72. The third kappa shape index (κ3) is 4.93. The highest BCUT2D eigenvalue weighted by Gasteiger charge is 2.17. The van der Waals surface area contributed by atoms with Crippen molar-refractivity contribution in [1.82, 2.24) is 29.5 Å². The molecule has 1 amide bonds. The van der Waals surface area contributed by atoms with Crippen LogP contribution in [0.15, 0.2) is 53.5 Å². The molecule has 0 aliphatic heterocycles. The third-order valence-electron chi connectivity index (χ3n) is 5.71. The Morgan fingerprint density at radius 1 is 1.05 bits per heavy atom. The van der Waals surface area contributed by atoms with Gasteiger partial charge in [0.05, 0.1) is 22.6 Å². The van der Waals surface area contributed by atoms with E-state index in [0.29, 0.717) is 33.3 Å². The number of carbonyl (C=O) groups excluding carboxylic acids is 1. The number of nitrogens with zero attached hydrogens (tertiary/aromatic N) is 5. The lowest BCUT2D eigenvalue weighted by Gasteiger charge is -2.11. The molecule has 2 aromatic carbocycles. The summed E-state index contributed by atoms with van der Waals surface area (Å²) in [6.45, 7) is 5.47. The van der Waals surface area contributed by atoms with Crippen molar-refractivity contribution in [2.45, 2.75) is 20.8 Å². The Balaban J connectivity index is 1.45. The summed E-state index contributed by atoms with van der Waals surface area (Å²) < 4.78 is 8.45. The maximum absolute atomic E-state index is 12.9. The van der Waals surface area contributed by atoms with Crippen LogP contribution in [-0.4, -0.2) is 42.0 Å². The van der Waals surface area contributed by atoms with E-state index in [4.69, 9.17) is 27.9 Å². The maximum atomic E-state index is 12.9. The Labute approximate surface area is 220 Å². The molecule has 3 aromatic heterocycles. The number of ether oxygens (including phenoxy) is 1. The van der Waals surface area contributed by atoms with Gasteiger partial charge in [0.25, 0.3) is 11.5 Å². The lowest BCUT2D eigenvalue weighted by atomic mass is 10.1. The van der Waals surface area contributed by atoms with E-state index < -0.39 is 5.91 Å². The van der Waals surface area contributed by atoms with Crippen LogP contribution in [0.2, 0.25) is 10.0 Å². The second-order valence-corrected chi connectivity index (χ2v) is 9.29. The molecule has 2 N–H and O–H groups in total. The smallest absolute Gasteiger partial charge is 0.263 e. The predicted octanol–water partition coefficient (Wildman–Crippen LogP) is 4.54. The molecule has 12 heteroatoms. The van der Waals surface area contributed by atoms with Gasteiger partial charge in [-0.3, -0.25) is 14.6 Å². The Bertz CT molecular complexity index is 1720. The van der Waals surface area contributed by atoms with Crippen molar-refractivity contribution >= 4 is 46.0 Å². The number of aryl methyl sites for hydroxylation is 3. The first kappa shape index (κ1) is 24.5. The summed E-state index contributed by atoms with van der Waals surface area (Å²) >= 11 is 12.0.